The number of hydrogen-bond acceptors (Lipinski definition) is 6. The molecule has 0 bridgehead atoms. The molecule has 0 N–H and O–H groups in total. The summed E-state index contributed by atoms with van der Waals surface area (Å²) in [5.74, 6) is 1.20. The number of amides is 1. The number of carbonyl (C=O) groups excluding carboxylic acids is 1. The van der Waals surface area contributed by atoms with E-state index in [1.54, 1.807) is 6.26 Å². The zero-order valence-electron chi connectivity index (χ0n) is 15.4. The van der Waals surface area contributed by atoms with Crippen molar-refractivity contribution in [1.29, 1.82) is 0 Å². The Balaban J connectivity index is 1.44. The number of tetrazole rings is 1. The molecule has 0 aromatic carbocycles. The summed E-state index contributed by atoms with van der Waals surface area (Å²) in [5, 5.41) is 12.9. The van der Waals surface area contributed by atoms with E-state index in [4.69, 9.17) is 4.42 Å². The highest BCUT2D eigenvalue weighted by atomic mass is 32.2. The maximum Gasteiger partial charge on any atom is 0.237 e. The van der Waals surface area contributed by atoms with Crippen LogP contribution in [-0.4, -0.2) is 36.8 Å². The summed E-state index contributed by atoms with van der Waals surface area (Å²) in [7, 11) is 0. The summed E-state index contributed by atoms with van der Waals surface area (Å²) in [6.07, 6.45) is 12.8. The van der Waals surface area contributed by atoms with Gasteiger partial charge in [0.15, 0.2) is 0 Å². The third kappa shape index (κ3) is 4.43. The van der Waals surface area contributed by atoms with Gasteiger partial charge in [0.05, 0.1) is 24.6 Å². The average Bonchev–Trinajstić information content (AvgIpc) is 3.47. The Hall–Kier alpha value is -2.09. The molecule has 1 amide bonds. The first-order valence-corrected chi connectivity index (χ1v) is 10.7. The molecule has 0 radical (unpaired) electrons. The van der Waals surface area contributed by atoms with Crippen LogP contribution in [-0.2, 0) is 11.3 Å². The zero-order chi connectivity index (χ0) is 18.5. The molecule has 144 valence electrons. The van der Waals surface area contributed by atoms with Gasteiger partial charge in [-0.25, -0.2) is 4.68 Å². The van der Waals surface area contributed by atoms with Gasteiger partial charge < -0.3 is 9.32 Å². The Bertz CT molecular complexity index is 780. The molecule has 1 fully saturated rings. The van der Waals surface area contributed by atoms with Gasteiger partial charge in [-0.05, 0) is 61.1 Å². The summed E-state index contributed by atoms with van der Waals surface area (Å²) in [6, 6.07) is 4.15. The van der Waals surface area contributed by atoms with E-state index in [0.29, 0.717) is 18.3 Å². The first-order chi connectivity index (χ1) is 13.3. The molecular formula is C19H25N5O2S. The highest BCUT2D eigenvalue weighted by Crippen LogP contribution is 2.32. The summed E-state index contributed by atoms with van der Waals surface area (Å²) in [6.45, 7) is 0.478. The predicted molar refractivity (Wildman–Crippen MR) is 102 cm³/mol. The summed E-state index contributed by atoms with van der Waals surface area (Å²) >= 11 is 1.43. The molecule has 2 aromatic heterocycles. The molecule has 0 atom stereocenters. The van der Waals surface area contributed by atoms with Gasteiger partial charge >= 0.3 is 0 Å². The van der Waals surface area contributed by atoms with Crippen molar-refractivity contribution in [1.82, 2.24) is 25.1 Å². The third-order valence-corrected chi connectivity index (χ3v) is 6.18. The standard InChI is InChI=1S/C19H25N5O2S/c25-18(14-27-19-20-21-22-24(19)16-9-4-5-10-16)23(13-17-11-6-12-26-17)15-7-2-1-3-8-15/h6-7,11-12,16H,1-5,8-10,13-14H2. The lowest BCUT2D eigenvalue weighted by Crippen LogP contribution is -2.32. The number of hydrogen-bond donors (Lipinski definition) is 0. The number of rotatable bonds is 7. The zero-order valence-corrected chi connectivity index (χ0v) is 16.2. The highest BCUT2D eigenvalue weighted by molar-refractivity contribution is 7.99. The Morgan fingerprint density at radius 3 is 2.93 bits per heavy atom. The van der Waals surface area contributed by atoms with Crippen LogP contribution in [0.3, 0.4) is 0 Å². The van der Waals surface area contributed by atoms with Crippen LogP contribution in [0.4, 0.5) is 0 Å². The van der Waals surface area contributed by atoms with Gasteiger partial charge in [0, 0.05) is 5.70 Å². The van der Waals surface area contributed by atoms with Crippen LogP contribution in [0.25, 0.3) is 0 Å². The number of nitrogens with zero attached hydrogens (tertiary/aromatic N) is 5. The van der Waals surface area contributed by atoms with Crippen molar-refractivity contribution in [2.45, 2.75) is 69.1 Å². The van der Waals surface area contributed by atoms with Gasteiger partial charge in [0.2, 0.25) is 11.1 Å². The minimum Gasteiger partial charge on any atom is -0.467 e. The molecule has 4 rings (SSSR count). The van der Waals surface area contributed by atoms with E-state index in [2.05, 4.69) is 21.6 Å². The fourth-order valence-electron chi connectivity index (χ4n) is 3.84. The normalized spacial score (nSPS) is 17.9. The topological polar surface area (TPSA) is 77.1 Å². The van der Waals surface area contributed by atoms with E-state index in [0.717, 1.165) is 48.7 Å². The van der Waals surface area contributed by atoms with Crippen molar-refractivity contribution in [2.24, 2.45) is 0 Å². The number of furan rings is 1. The van der Waals surface area contributed by atoms with Crippen LogP contribution in [0.5, 0.6) is 0 Å². The van der Waals surface area contributed by atoms with Crippen molar-refractivity contribution < 1.29 is 9.21 Å². The van der Waals surface area contributed by atoms with Crippen molar-refractivity contribution in [2.75, 3.05) is 5.75 Å². The summed E-state index contributed by atoms with van der Waals surface area (Å²) in [5.41, 5.74) is 1.11. The van der Waals surface area contributed by atoms with Crippen LogP contribution in [0, 0.1) is 0 Å². The SMILES string of the molecule is O=C(CSc1nnnn1C1CCCC1)N(Cc1ccco1)C1=CCCCC1. The van der Waals surface area contributed by atoms with E-state index >= 15 is 0 Å². The van der Waals surface area contributed by atoms with Crippen molar-refractivity contribution in [3.8, 4) is 0 Å². The maximum atomic E-state index is 13.0. The van der Waals surface area contributed by atoms with Gasteiger partial charge in [-0.1, -0.05) is 30.7 Å². The highest BCUT2D eigenvalue weighted by Gasteiger charge is 2.24. The molecule has 2 aliphatic carbocycles. The van der Waals surface area contributed by atoms with Crippen LogP contribution < -0.4 is 0 Å². The van der Waals surface area contributed by atoms with Crippen molar-refractivity contribution >= 4 is 17.7 Å². The average molecular weight is 388 g/mol. The van der Waals surface area contributed by atoms with Gasteiger partial charge in [-0.2, -0.15) is 0 Å². The number of aromatic nitrogens is 4. The molecule has 0 spiro atoms. The lowest BCUT2D eigenvalue weighted by Gasteiger charge is -2.27. The quantitative estimate of drug-likeness (QED) is 0.669. The van der Waals surface area contributed by atoms with Crippen molar-refractivity contribution in [3.05, 3.63) is 35.9 Å². The van der Waals surface area contributed by atoms with Gasteiger partial charge in [-0.3, -0.25) is 4.79 Å². The second-order valence-electron chi connectivity index (χ2n) is 7.13. The minimum absolute atomic E-state index is 0.0746. The number of carbonyl (C=O) groups is 1. The molecule has 8 heteroatoms. The monoisotopic (exact) mass is 387 g/mol. The number of thioether (sulfide) groups is 1. The van der Waals surface area contributed by atoms with Crippen LogP contribution in [0.1, 0.15) is 63.2 Å². The maximum absolute atomic E-state index is 13.0. The fourth-order valence-corrected chi connectivity index (χ4v) is 4.66. The Morgan fingerprint density at radius 1 is 1.30 bits per heavy atom. The Labute approximate surface area is 163 Å². The van der Waals surface area contributed by atoms with Gasteiger partial charge in [0.1, 0.15) is 5.76 Å². The lowest BCUT2D eigenvalue weighted by atomic mass is 10.0. The molecule has 2 heterocycles. The second-order valence-corrected chi connectivity index (χ2v) is 8.08. The van der Waals surface area contributed by atoms with E-state index in [1.165, 1.54) is 31.0 Å². The molecule has 0 aliphatic heterocycles. The molecule has 2 aliphatic rings. The first-order valence-electron chi connectivity index (χ1n) is 9.74. The van der Waals surface area contributed by atoms with Crippen LogP contribution in [0.2, 0.25) is 0 Å². The Kier molecular flexibility index (Phi) is 5.91. The van der Waals surface area contributed by atoms with Crippen LogP contribution in [0.15, 0.2) is 39.7 Å². The van der Waals surface area contributed by atoms with E-state index in [9.17, 15) is 4.79 Å². The predicted octanol–water partition coefficient (Wildman–Crippen LogP) is 3.96. The summed E-state index contributed by atoms with van der Waals surface area (Å²) in [4.78, 5) is 14.9. The Morgan fingerprint density at radius 2 is 2.19 bits per heavy atom. The molecule has 0 unspecified atom stereocenters. The first kappa shape index (κ1) is 18.3. The van der Waals surface area contributed by atoms with Crippen molar-refractivity contribution in [3.63, 3.8) is 0 Å². The fraction of sp³-hybridized carbons (Fsp3) is 0.579. The van der Waals surface area contributed by atoms with Gasteiger partial charge in [0.25, 0.3) is 0 Å². The molecule has 7 nitrogen and oxygen atoms in total. The molecule has 27 heavy (non-hydrogen) atoms. The molecule has 2 aromatic rings. The molecular weight excluding hydrogens is 362 g/mol. The molecule has 1 saturated carbocycles. The largest absolute Gasteiger partial charge is 0.467 e. The lowest BCUT2D eigenvalue weighted by molar-refractivity contribution is -0.127. The van der Waals surface area contributed by atoms with E-state index in [-0.39, 0.29) is 5.91 Å². The van der Waals surface area contributed by atoms with Crippen LogP contribution >= 0.6 is 11.8 Å². The summed E-state index contributed by atoms with van der Waals surface area (Å²) < 4.78 is 7.38. The number of allylic oxidation sites excluding steroid dienone is 2. The smallest absolute Gasteiger partial charge is 0.237 e. The third-order valence-electron chi connectivity index (χ3n) is 5.27. The second kappa shape index (κ2) is 8.73. The minimum atomic E-state index is 0.0746. The van der Waals surface area contributed by atoms with Gasteiger partial charge in [-0.15, -0.1) is 5.10 Å². The van der Waals surface area contributed by atoms with E-state index in [1.807, 2.05) is 21.7 Å². The molecule has 0 saturated heterocycles. The van der Waals surface area contributed by atoms with E-state index < -0.39 is 0 Å².